The van der Waals surface area contributed by atoms with Gasteiger partial charge in [0.2, 0.25) is 0 Å². The third-order valence-corrected chi connectivity index (χ3v) is 6.27. The molecule has 1 atom stereocenters. The summed E-state index contributed by atoms with van der Waals surface area (Å²) in [5.74, 6) is -1.58. The van der Waals surface area contributed by atoms with E-state index in [0.29, 0.717) is 18.8 Å². The van der Waals surface area contributed by atoms with Crippen LogP contribution in [0.1, 0.15) is 83.9 Å². The number of fused-ring (bicyclic) bond motifs is 1. The highest BCUT2D eigenvalue weighted by molar-refractivity contribution is 5.99. The molecule has 5 nitrogen and oxygen atoms in total. The largest absolute Gasteiger partial charge is 0.460 e. The van der Waals surface area contributed by atoms with Crippen molar-refractivity contribution in [2.45, 2.75) is 90.1 Å². The van der Waals surface area contributed by atoms with Crippen LogP contribution in [0.2, 0.25) is 0 Å². The monoisotopic (exact) mass is 519 g/mol. The van der Waals surface area contributed by atoms with Crippen molar-refractivity contribution in [2.75, 3.05) is 0 Å². The third kappa shape index (κ3) is 7.71. The van der Waals surface area contributed by atoms with Crippen molar-refractivity contribution in [3.8, 4) is 11.1 Å². The van der Waals surface area contributed by atoms with E-state index in [9.17, 15) is 14.3 Å². The van der Waals surface area contributed by atoms with Crippen LogP contribution in [0, 0.1) is 5.82 Å². The standard InChI is InChI=1S/C32H38FNO4/c1-31(2,3)38-28(35)20-24(37-32(4,5)36)10-6-7-12-26-29(21-16-18-23(33)19-17-21)25-11-8-9-13-27(25)34-30(26)22-14-15-22/h7-9,11-13,16-19,22,24,36H,6,10,14-15,20H2,1-5H3/b12-7+/t24-/m1/s1. The minimum atomic E-state index is -1.37. The second kappa shape index (κ2) is 11.3. The predicted octanol–water partition coefficient (Wildman–Crippen LogP) is 7.56. The van der Waals surface area contributed by atoms with E-state index >= 15 is 0 Å². The number of carbonyl (C=O) groups is 1. The zero-order valence-corrected chi connectivity index (χ0v) is 23.0. The number of allylic oxidation sites excluding steroid dienone is 1. The van der Waals surface area contributed by atoms with E-state index in [1.54, 1.807) is 13.8 Å². The number of halogens is 1. The first-order valence-electron chi connectivity index (χ1n) is 13.4. The van der Waals surface area contributed by atoms with Gasteiger partial charge in [0.05, 0.1) is 23.7 Å². The van der Waals surface area contributed by atoms with Gasteiger partial charge in [0.1, 0.15) is 11.4 Å². The van der Waals surface area contributed by atoms with Crippen LogP contribution >= 0.6 is 0 Å². The van der Waals surface area contributed by atoms with Crippen molar-refractivity contribution in [1.82, 2.24) is 4.98 Å². The highest BCUT2D eigenvalue weighted by Gasteiger charge is 2.30. The summed E-state index contributed by atoms with van der Waals surface area (Å²) in [6, 6.07) is 14.7. The Kier molecular flexibility index (Phi) is 8.34. The van der Waals surface area contributed by atoms with Gasteiger partial charge >= 0.3 is 5.97 Å². The average molecular weight is 520 g/mol. The Balaban J connectivity index is 1.62. The van der Waals surface area contributed by atoms with Gasteiger partial charge in [-0.3, -0.25) is 9.78 Å². The second-order valence-corrected chi connectivity index (χ2v) is 11.5. The molecule has 1 fully saturated rings. The Hall–Kier alpha value is -3.09. The summed E-state index contributed by atoms with van der Waals surface area (Å²) < 4.78 is 25.0. The molecule has 0 unspecified atom stereocenters. The number of pyridine rings is 1. The Labute approximate surface area is 224 Å². The van der Waals surface area contributed by atoms with Crippen LogP contribution in [-0.4, -0.2) is 33.6 Å². The molecule has 1 heterocycles. The van der Waals surface area contributed by atoms with E-state index in [-0.39, 0.29) is 18.2 Å². The second-order valence-electron chi connectivity index (χ2n) is 11.5. The number of rotatable bonds is 10. The van der Waals surface area contributed by atoms with Gasteiger partial charge in [-0.15, -0.1) is 0 Å². The number of hydrogen-bond acceptors (Lipinski definition) is 5. The van der Waals surface area contributed by atoms with Crippen molar-refractivity contribution in [3.05, 3.63) is 71.7 Å². The lowest BCUT2D eigenvalue weighted by Gasteiger charge is -2.27. The molecule has 0 saturated heterocycles. The van der Waals surface area contributed by atoms with E-state index in [0.717, 1.165) is 46.1 Å². The fraction of sp³-hybridized carbons (Fsp3) is 0.438. The van der Waals surface area contributed by atoms with Gasteiger partial charge in [-0.05, 0) is 84.1 Å². The number of para-hydroxylation sites is 1. The quantitative estimate of drug-likeness (QED) is 0.221. The van der Waals surface area contributed by atoms with Crippen molar-refractivity contribution in [2.24, 2.45) is 0 Å². The maximum Gasteiger partial charge on any atom is 0.308 e. The van der Waals surface area contributed by atoms with Gasteiger partial charge in [-0.2, -0.15) is 0 Å². The molecule has 1 aliphatic carbocycles. The summed E-state index contributed by atoms with van der Waals surface area (Å²) in [6.45, 7) is 8.60. The molecule has 1 aromatic heterocycles. The van der Waals surface area contributed by atoms with E-state index in [1.165, 1.54) is 12.1 Å². The molecular formula is C32H38FNO4. The van der Waals surface area contributed by atoms with Gasteiger partial charge in [-0.25, -0.2) is 4.39 Å². The van der Waals surface area contributed by atoms with Crippen LogP contribution in [0.15, 0.2) is 54.6 Å². The van der Waals surface area contributed by atoms with Gasteiger partial charge < -0.3 is 14.6 Å². The molecule has 4 rings (SSSR count). The fourth-order valence-corrected chi connectivity index (χ4v) is 4.67. The summed E-state index contributed by atoms with van der Waals surface area (Å²) in [7, 11) is 0. The molecule has 38 heavy (non-hydrogen) atoms. The average Bonchev–Trinajstić information content (AvgIpc) is 3.65. The summed E-state index contributed by atoms with van der Waals surface area (Å²) in [5, 5.41) is 11.3. The van der Waals surface area contributed by atoms with E-state index in [1.807, 2.05) is 51.1 Å². The SMILES string of the molecule is CC(C)(C)OC(=O)C[C@@H](CC/C=C/c1c(C2CC2)nc2ccccc2c1-c1ccc(F)cc1)OC(C)(C)O. The van der Waals surface area contributed by atoms with E-state index in [4.69, 9.17) is 14.5 Å². The molecule has 202 valence electrons. The van der Waals surface area contributed by atoms with Crippen molar-refractivity contribution >= 4 is 22.9 Å². The number of aromatic nitrogens is 1. The summed E-state index contributed by atoms with van der Waals surface area (Å²) in [6.07, 6.45) is 7.10. The molecule has 3 aromatic rings. The van der Waals surface area contributed by atoms with Crippen LogP contribution in [-0.2, 0) is 14.3 Å². The van der Waals surface area contributed by atoms with Crippen molar-refractivity contribution < 1.29 is 23.8 Å². The molecule has 1 N–H and O–H groups in total. The topological polar surface area (TPSA) is 68.7 Å². The molecule has 2 aromatic carbocycles. The zero-order valence-electron chi connectivity index (χ0n) is 23.0. The van der Waals surface area contributed by atoms with Gasteiger partial charge in [0, 0.05) is 22.4 Å². The Morgan fingerprint density at radius 2 is 1.79 bits per heavy atom. The van der Waals surface area contributed by atoms with Crippen LogP contribution in [0.5, 0.6) is 0 Å². The highest BCUT2D eigenvalue weighted by Crippen LogP contribution is 2.45. The van der Waals surface area contributed by atoms with E-state index < -0.39 is 17.5 Å². The summed E-state index contributed by atoms with van der Waals surface area (Å²) >= 11 is 0. The molecule has 0 amide bonds. The van der Waals surface area contributed by atoms with Crippen LogP contribution in [0.4, 0.5) is 4.39 Å². The maximum absolute atomic E-state index is 13.8. The summed E-state index contributed by atoms with van der Waals surface area (Å²) in [4.78, 5) is 17.5. The van der Waals surface area contributed by atoms with Crippen LogP contribution in [0.25, 0.3) is 28.1 Å². The number of hydrogen-bond donors (Lipinski definition) is 1. The zero-order chi connectivity index (χ0) is 27.5. The Morgan fingerprint density at radius 3 is 2.42 bits per heavy atom. The molecule has 0 bridgehead atoms. The maximum atomic E-state index is 13.8. The molecule has 1 saturated carbocycles. The number of benzene rings is 2. The molecule has 6 heteroatoms. The first-order valence-corrected chi connectivity index (χ1v) is 13.4. The van der Waals surface area contributed by atoms with E-state index in [2.05, 4.69) is 18.2 Å². The third-order valence-electron chi connectivity index (χ3n) is 6.27. The highest BCUT2D eigenvalue weighted by atomic mass is 19.1. The smallest absolute Gasteiger partial charge is 0.308 e. The van der Waals surface area contributed by atoms with Gasteiger partial charge in [0.15, 0.2) is 5.79 Å². The number of ether oxygens (including phenoxy) is 2. The van der Waals surface area contributed by atoms with Crippen molar-refractivity contribution in [3.63, 3.8) is 0 Å². The van der Waals surface area contributed by atoms with Crippen molar-refractivity contribution in [1.29, 1.82) is 0 Å². The molecule has 0 spiro atoms. The van der Waals surface area contributed by atoms with Crippen LogP contribution in [0.3, 0.4) is 0 Å². The summed E-state index contributed by atoms with van der Waals surface area (Å²) in [5.41, 5.74) is 4.45. The minimum absolute atomic E-state index is 0.0563. The number of aliphatic hydroxyl groups is 1. The predicted molar refractivity (Wildman–Crippen MR) is 149 cm³/mol. The first-order chi connectivity index (χ1) is 17.9. The van der Waals surface area contributed by atoms with Gasteiger partial charge in [-0.1, -0.05) is 42.5 Å². The lowest BCUT2D eigenvalue weighted by molar-refractivity contribution is -0.211. The fourth-order valence-electron chi connectivity index (χ4n) is 4.67. The lowest BCUT2D eigenvalue weighted by Crippen LogP contribution is -2.33. The number of nitrogens with zero attached hydrogens (tertiary/aromatic N) is 1. The first kappa shape index (κ1) is 27.9. The lowest BCUT2D eigenvalue weighted by atomic mass is 9.92. The molecular weight excluding hydrogens is 481 g/mol. The molecule has 1 aliphatic rings. The normalized spacial score (nSPS) is 15.2. The Bertz CT molecular complexity index is 1300. The minimum Gasteiger partial charge on any atom is -0.460 e. The number of esters is 1. The molecule has 0 aliphatic heterocycles. The Morgan fingerprint density at radius 1 is 1.11 bits per heavy atom. The molecule has 0 radical (unpaired) electrons. The van der Waals surface area contributed by atoms with Gasteiger partial charge in [0.25, 0.3) is 0 Å². The number of carbonyl (C=O) groups excluding carboxylic acids is 1. The van der Waals surface area contributed by atoms with Crippen LogP contribution < -0.4 is 0 Å².